The molecule has 0 saturated carbocycles. The van der Waals surface area contributed by atoms with E-state index in [1.807, 2.05) is 5.32 Å². The Bertz CT molecular complexity index is 729. The number of hydrogen-bond acceptors (Lipinski definition) is 5. The van der Waals surface area contributed by atoms with Gasteiger partial charge in [0.05, 0.1) is 18.0 Å². The number of hydrogen-bond donors (Lipinski definition) is 2. The summed E-state index contributed by atoms with van der Waals surface area (Å²) in [6.07, 6.45) is 0. The Morgan fingerprint density at radius 3 is 2.52 bits per heavy atom. The summed E-state index contributed by atoms with van der Waals surface area (Å²) >= 11 is 0. The lowest BCUT2D eigenvalue weighted by Crippen LogP contribution is -2.53. The van der Waals surface area contributed by atoms with Crippen LogP contribution in [-0.2, 0) is 19.6 Å². The molecule has 0 bridgehead atoms. The van der Waals surface area contributed by atoms with Gasteiger partial charge in [-0.2, -0.15) is 4.31 Å². The average Bonchev–Trinajstić information content (AvgIpc) is 2.44. The van der Waals surface area contributed by atoms with Gasteiger partial charge in [-0.15, -0.1) is 0 Å². The van der Waals surface area contributed by atoms with Crippen LogP contribution in [0, 0.1) is 11.8 Å². The first-order valence-electron chi connectivity index (χ1n) is 5.96. The molecule has 21 heavy (non-hydrogen) atoms. The number of nitrogens with zero attached hydrogens (tertiary/aromatic N) is 1. The number of rotatable bonds is 2. The van der Waals surface area contributed by atoms with E-state index in [1.54, 1.807) is 6.07 Å². The predicted octanol–water partition coefficient (Wildman–Crippen LogP) is -1.32. The molecule has 0 unspecified atom stereocenters. The van der Waals surface area contributed by atoms with Gasteiger partial charge in [0.2, 0.25) is 21.8 Å². The number of sulfonamides is 1. The quantitative estimate of drug-likeness (QED) is 0.521. The van der Waals surface area contributed by atoms with E-state index in [-0.39, 0.29) is 11.5 Å². The first-order valence-corrected chi connectivity index (χ1v) is 7.40. The minimum absolute atomic E-state index is 0.0604. The fraction of sp³-hybridized carbons (Fsp3) is 0.231. The lowest BCUT2D eigenvalue weighted by atomic mass is 10.2. The SMILES string of the molecule is O=C1CN(S(=O)(=O)c2cccc(C#CCO)c2)CC(=O)N1. The maximum atomic E-state index is 12.4. The van der Waals surface area contributed by atoms with Crippen LogP contribution in [0.4, 0.5) is 0 Å². The van der Waals surface area contributed by atoms with E-state index in [1.165, 1.54) is 18.2 Å². The minimum Gasteiger partial charge on any atom is -0.384 e. The summed E-state index contributed by atoms with van der Waals surface area (Å²) in [5, 5.41) is 10.7. The highest BCUT2D eigenvalue weighted by Crippen LogP contribution is 2.17. The van der Waals surface area contributed by atoms with Crippen LogP contribution in [-0.4, -0.2) is 49.3 Å². The predicted molar refractivity (Wildman–Crippen MR) is 72.3 cm³/mol. The Balaban J connectivity index is 2.35. The number of benzene rings is 1. The van der Waals surface area contributed by atoms with Gasteiger partial charge in [0, 0.05) is 5.56 Å². The Morgan fingerprint density at radius 1 is 1.24 bits per heavy atom. The molecule has 0 radical (unpaired) electrons. The fourth-order valence-electron chi connectivity index (χ4n) is 1.81. The van der Waals surface area contributed by atoms with Crippen LogP contribution in [0.15, 0.2) is 29.2 Å². The number of carbonyl (C=O) groups excluding carboxylic acids is 2. The second kappa shape index (κ2) is 6.05. The molecule has 1 heterocycles. The molecule has 110 valence electrons. The van der Waals surface area contributed by atoms with Gasteiger partial charge < -0.3 is 5.11 Å². The molecule has 1 aliphatic rings. The first-order chi connectivity index (χ1) is 9.93. The van der Waals surface area contributed by atoms with Gasteiger partial charge in [0.15, 0.2) is 0 Å². The van der Waals surface area contributed by atoms with Gasteiger partial charge in [0.25, 0.3) is 0 Å². The number of aliphatic hydroxyl groups is 1. The number of imide groups is 1. The Labute approximate surface area is 121 Å². The summed E-state index contributed by atoms with van der Waals surface area (Å²) in [5.74, 6) is 3.69. The summed E-state index contributed by atoms with van der Waals surface area (Å²) in [5.41, 5.74) is 0.415. The van der Waals surface area contributed by atoms with Crippen LogP contribution in [0.25, 0.3) is 0 Å². The van der Waals surface area contributed by atoms with E-state index in [0.717, 1.165) is 4.31 Å². The zero-order valence-electron chi connectivity index (χ0n) is 10.9. The lowest BCUT2D eigenvalue weighted by molar-refractivity contribution is -0.134. The van der Waals surface area contributed by atoms with Crippen LogP contribution in [0.3, 0.4) is 0 Å². The van der Waals surface area contributed by atoms with E-state index >= 15 is 0 Å². The van der Waals surface area contributed by atoms with Crippen LogP contribution < -0.4 is 5.32 Å². The van der Waals surface area contributed by atoms with Crippen molar-refractivity contribution in [3.63, 3.8) is 0 Å². The first kappa shape index (κ1) is 15.2. The van der Waals surface area contributed by atoms with Crippen molar-refractivity contribution >= 4 is 21.8 Å². The summed E-state index contributed by atoms with van der Waals surface area (Å²) in [6, 6.07) is 5.78. The Kier molecular flexibility index (Phi) is 4.37. The largest absolute Gasteiger partial charge is 0.384 e. The molecular formula is C13H12N2O5S. The smallest absolute Gasteiger partial charge is 0.244 e. The van der Waals surface area contributed by atoms with Gasteiger partial charge in [0.1, 0.15) is 6.61 Å². The third kappa shape index (κ3) is 3.46. The number of piperazine rings is 1. The molecule has 1 fully saturated rings. The number of amides is 2. The van der Waals surface area contributed by atoms with Crippen LogP contribution in [0.2, 0.25) is 0 Å². The van der Waals surface area contributed by atoms with E-state index < -0.39 is 34.9 Å². The molecule has 1 aromatic carbocycles. The van der Waals surface area contributed by atoms with Crippen LogP contribution in [0.5, 0.6) is 0 Å². The highest BCUT2D eigenvalue weighted by molar-refractivity contribution is 7.89. The van der Waals surface area contributed by atoms with Gasteiger partial charge in [-0.1, -0.05) is 17.9 Å². The molecule has 2 rings (SSSR count). The van der Waals surface area contributed by atoms with Crippen molar-refractivity contribution in [3.8, 4) is 11.8 Å². The standard InChI is InChI=1S/C13H12N2O5S/c16-6-2-4-10-3-1-5-11(7-10)21(19,20)15-8-12(17)14-13(18)9-15/h1,3,5,7,16H,6,8-9H2,(H,14,17,18). The number of aliphatic hydroxyl groups excluding tert-OH is 1. The van der Waals surface area contributed by atoms with E-state index in [2.05, 4.69) is 11.8 Å². The molecule has 0 aromatic heterocycles. The van der Waals surface area contributed by atoms with E-state index in [9.17, 15) is 18.0 Å². The highest BCUT2D eigenvalue weighted by Gasteiger charge is 2.32. The molecule has 1 aliphatic heterocycles. The lowest BCUT2D eigenvalue weighted by Gasteiger charge is -2.24. The second-order valence-electron chi connectivity index (χ2n) is 4.23. The summed E-state index contributed by atoms with van der Waals surface area (Å²) in [7, 11) is -3.95. The van der Waals surface area contributed by atoms with E-state index in [4.69, 9.17) is 5.11 Å². The van der Waals surface area contributed by atoms with Crippen molar-refractivity contribution < 1.29 is 23.1 Å². The summed E-state index contributed by atoms with van der Waals surface area (Å²) in [4.78, 5) is 22.5. The van der Waals surface area contributed by atoms with Gasteiger partial charge >= 0.3 is 0 Å². The minimum atomic E-state index is -3.95. The van der Waals surface area contributed by atoms with Crippen LogP contribution >= 0.6 is 0 Å². The summed E-state index contributed by atoms with van der Waals surface area (Å²) < 4.78 is 25.6. The topological polar surface area (TPSA) is 104 Å². The number of carbonyl (C=O) groups is 2. The van der Waals surface area contributed by atoms with Crippen molar-refractivity contribution in [1.29, 1.82) is 0 Å². The molecule has 8 heteroatoms. The molecular weight excluding hydrogens is 296 g/mol. The molecule has 0 atom stereocenters. The molecule has 2 N–H and O–H groups in total. The average molecular weight is 308 g/mol. The fourth-order valence-corrected chi connectivity index (χ4v) is 3.20. The van der Waals surface area contributed by atoms with Gasteiger partial charge in [-0.05, 0) is 18.2 Å². The number of nitrogens with one attached hydrogen (secondary N) is 1. The maximum Gasteiger partial charge on any atom is 0.244 e. The summed E-state index contributed by atoms with van der Waals surface area (Å²) in [6.45, 7) is -1.14. The molecule has 0 spiro atoms. The second-order valence-corrected chi connectivity index (χ2v) is 6.17. The Hall–Kier alpha value is -2.21. The van der Waals surface area contributed by atoms with E-state index in [0.29, 0.717) is 5.56 Å². The molecule has 2 amide bonds. The van der Waals surface area contributed by atoms with Gasteiger partial charge in [-0.3, -0.25) is 14.9 Å². The molecule has 1 saturated heterocycles. The highest BCUT2D eigenvalue weighted by atomic mass is 32.2. The zero-order chi connectivity index (χ0) is 15.5. The van der Waals surface area contributed by atoms with Crippen molar-refractivity contribution in [3.05, 3.63) is 29.8 Å². The zero-order valence-corrected chi connectivity index (χ0v) is 11.7. The van der Waals surface area contributed by atoms with Crippen molar-refractivity contribution in [2.75, 3.05) is 19.7 Å². The Morgan fingerprint density at radius 2 is 1.90 bits per heavy atom. The molecule has 1 aromatic rings. The van der Waals surface area contributed by atoms with Crippen LogP contribution in [0.1, 0.15) is 5.56 Å². The maximum absolute atomic E-state index is 12.4. The molecule has 7 nitrogen and oxygen atoms in total. The van der Waals surface area contributed by atoms with Crippen molar-refractivity contribution in [2.24, 2.45) is 0 Å². The van der Waals surface area contributed by atoms with Crippen molar-refractivity contribution in [2.45, 2.75) is 4.90 Å². The third-order valence-electron chi connectivity index (χ3n) is 2.70. The molecule has 0 aliphatic carbocycles. The van der Waals surface area contributed by atoms with Crippen molar-refractivity contribution in [1.82, 2.24) is 9.62 Å². The van der Waals surface area contributed by atoms with Gasteiger partial charge in [-0.25, -0.2) is 8.42 Å². The monoisotopic (exact) mass is 308 g/mol. The normalized spacial score (nSPS) is 16.0. The third-order valence-corrected chi connectivity index (χ3v) is 4.49.